The van der Waals surface area contributed by atoms with E-state index in [0.29, 0.717) is 25.5 Å². The lowest BCUT2D eigenvalue weighted by Gasteiger charge is -2.41. The Kier molecular flexibility index (Phi) is 4.73. The van der Waals surface area contributed by atoms with E-state index in [1.54, 1.807) is 12.3 Å². The van der Waals surface area contributed by atoms with Crippen LogP contribution in [0.2, 0.25) is 0 Å². The summed E-state index contributed by atoms with van der Waals surface area (Å²) in [4.78, 5) is 18.9. The quantitative estimate of drug-likeness (QED) is 0.878. The van der Waals surface area contributed by atoms with Crippen LogP contribution in [0.3, 0.4) is 0 Å². The molecule has 20 heavy (non-hydrogen) atoms. The van der Waals surface area contributed by atoms with Gasteiger partial charge in [-0.3, -0.25) is 9.69 Å². The number of nitrogens with two attached hydrogens (primary N) is 1. The molecular formula is C15H23N3O2. The maximum absolute atomic E-state index is 12.7. The Morgan fingerprint density at radius 3 is 2.80 bits per heavy atom. The summed E-state index contributed by atoms with van der Waals surface area (Å²) in [5.41, 5.74) is 6.17. The molecule has 1 unspecified atom stereocenters. The van der Waals surface area contributed by atoms with Crippen molar-refractivity contribution < 1.29 is 9.53 Å². The highest BCUT2D eigenvalue weighted by atomic mass is 16.5. The number of nitrogens with zero attached hydrogens (tertiary/aromatic N) is 2. The molecule has 1 aliphatic heterocycles. The van der Waals surface area contributed by atoms with Gasteiger partial charge >= 0.3 is 0 Å². The van der Waals surface area contributed by atoms with E-state index in [2.05, 4.69) is 16.8 Å². The fourth-order valence-corrected chi connectivity index (χ4v) is 2.63. The number of ketones is 1. The molecule has 0 spiro atoms. The molecule has 1 saturated heterocycles. The van der Waals surface area contributed by atoms with E-state index in [1.807, 2.05) is 13.0 Å². The topological polar surface area (TPSA) is 68.5 Å². The maximum Gasteiger partial charge on any atom is 0.157 e. The number of nitrogen functional groups attached to an aromatic ring is 1. The molecule has 5 nitrogen and oxygen atoms in total. The first-order valence-electron chi connectivity index (χ1n) is 7.13. The largest absolute Gasteiger partial charge is 0.384 e. The Bertz CT molecular complexity index is 472. The molecule has 0 saturated carbocycles. The van der Waals surface area contributed by atoms with E-state index in [-0.39, 0.29) is 5.78 Å². The van der Waals surface area contributed by atoms with Crippen LogP contribution in [0.25, 0.3) is 0 Å². The SMILES string of the molecule is CCC(C)(C(=O)Cc1ccnc(N)c1)N1CCOCC1. The average molecular weight is 277 g/mol. The van der Waals surface area contributed by atoms with E-state index in [4.69, 9.17) is 10.5 Å². The summed E-state index contributed by atoms with van der Waals surface area (Å²) in [5, 5.41) is 0. The highest BCUT2D eigenvalue weighted by molar-refractivity contribution is 5.89. The number of aromatic nitrogens is 1. The smallest absolute Gasteiger partial charge is 0.157 e. The Balaban J connectivity index is 2.11. The van der Waals surface area contributed by atoms with Crippen molar-refractivity contribution in [3.8, 4) is 0 Å². The molecule has 2 rings (SSSR count). The van der Waals surface area contributed by atoms with Gasteiger partial charge in [0.25, 0.3) is 0 Å². The summed E-state index contributed by atoms with van der Waals surface area (Å²) in [5.74, 6) is 0.687. The monoisotopic (exact) mass is 277 g/mol. The second-order valence-corrected chi connectivity index (χ2v) is 5.42. The van der Waals surface area contributed by atoms with Crippen LogP contribution in [0.1, 0.15) is 25.8 Å². The molecule has 1 atom stereocenters. The van der Waals surface area contributed by atoms with Gasteiger partial charge in [-0.15, -0.1) is 0 Å². The molecule has 0 aliphatic carbocycles. The third kappa shape index (κ3) is 3.16. The van der Waals surface area contributed by atoms with Gasteiger partial charge in [0.2, 0.25) is 0 Å². The number of hydrogen-bond donors (Lipinski definition) is 1. The van der Waals surface area contributed by atoms with Crippen molar-refractivity contribution in [1.29, 1.82) is 0 Å². The number of pyridine rings is 1. The molecule has 1 fully saturated rings. The predicted octanol–water partition coefficient (Wildman–Crippen LogP) is 1.28. The first kappa shape index (κ1) is 14.9. The molecule has 0 radical (unpaired) electrons. The molecule has 0 amide bonds. The van der Waals surface area contributed by atoms with E-state index in [9.17, 15) is 4.79 Å². The van der Waals surface area contributed by atoms with Crippen molar-refractivity contribution in [2.75, 3.05) is 32.0 Å². The van der Waals surface area contributed by atoms with E-state index >= 15 is 0 Å². The standard InChI is InChI=1S/C15H23N3O2/c1-3-15(2,18-6-8-20-9-7-18)13(19)10-12-4-5-17-14(16)11-12/h4-5,11H,3,6-10H2,1-2H3,(H2,16,17). The van der Waals surface area contributed by atoms with E-state index in [1.165, 1.54) is 0 Å². The zero-order chi connectivity index (χ0) is 14.6. The minimum atomic E-state index is -0.429. The Labute approximate surface area is 120 Å². The van der Waals surface area contributed by atoms with Gasteiger partial charge < -0.3 is 10.5 Å². The lowest BCUT2D eigenvalue weighted by atomic mass is 9.87. The number of morpholine rings is 1. The predicted molar refractivity (Wildman–Crippen MR) is 78.4 cm³/mol. The zero-order valence-electron chi connectivity index (χ0n) is 12.3. The number of carbonyl (C=O) groups excluding carboxylic acids is 1. The first-order valence-corrected chi connectivity index (χ1v) is 7.13. The van der Waals surface area contributed by atoms with Gasteiger partial charge in [0.15, 0.2) is 5.78 Å². The lowest BCUT2D eigenvalue weighted by molar-refractivity contribution is -0.133. The number of anilines is 1. The fraction of sp³-hybridized carbons (Fsp3) is 0.600. The van der Waals surface area contributed by atoms with Crippen molar-refractivity contribution >= 4 is 11.6 Å². The second kappa shape index (κ2) is 6.33. The van der Waals surface area contributed by atoms with Crippen molar-refractivity contribution in [1.82, 2.24) is 9.88 Å². The molecule has 0 aromatic carbocycles. The van der Waals surface area contributed by atoms with E-state index in [0.717, 1.165) is 25.1 Å². The highest BCUT2D eigenvalue weighted by Gasteiger charge is 2.37. The number of hydrogen-bond acceptors (Lipinski definition) is 5. The summed E-state index contributed by atoms with van der Waals surface area (Å²) in [6.45, 7) is 7.12. The highest BCUT2D eigenvalue weighted by Crippen LogP contribution is 2.24. The normalized spacial score (nSPS) is 19.5. The van der Waals surface area contributed by atoms with Crippen LogP contribution in [0.5, 0.6) is 0 Å². The molecule has 1 aromatic rings. The van der Waals surface area contributed by atoms with Crippen LogP contribution >= 0.6 is 0 Å². The van der Waals surface area contributed by atoms with Gasteiger partial charge in [0.1, 0.15) is 5.82 Å². The Hall–Kier alpha value is -1.46. The molecule has 1 aromatic heterocycles. The van der Waals surface area contributed by atoms with Gasteiger partial charge in [-0.1, -0.05) is 6.92 Å². The van der Waals surface area contributed by atoms with Crippen molar-refractivity contribution in [2.24, 2.45) is 0 Å². The fourth-order valence-electron chi connectivity index (χ4n) is 2.63. The van der Waals surface area contributed by atoms with Gasteiger partial charge in [-0.2, -0.15) is 0 Å². The molecule has 1 aliphatic rings. The lowest BCUT2D eigenvalue weighted by Crippen LogP contribution is -2.56. The Morgan fingerprint density at radius 1 is 1.50 bits per heavy atom. The number of rotatable bonds is 5. The minimum absolute atomic E-state index is 0.229. The van der Waals surface area contributed by atoms with Crippen molar-refractivity contribution in [3.63, 3.8) is 0 Å². The molecule has 0 bridgehead atoms. The van der Waals surface area contributed by atoms with Crippen LogP contribution in [0.4, 0.5) is 5.82 Å². The summed E-state index contributed by atoms with van der Waals surface area (Å²) in [6, 6.07) is 3.62. The minimum Gasteiger partial charge on any atom is -0.384 e. The maximum atomic E-state index is 12.7. The van der Waals surface area contributed by atoms with Gasteiger partial charge in [0, 0.05) is 25.7 Å². The molecule has 5 heteroatoms. The third-order valence-electron chi connectivity index (χ3n) is 4.21. The van der Waals surface area contributed by atoms with Gasteiger partial charge in [-0.25, -0.2) is 4.98 Å². The first-order chi connectivity index (χ1) is 9.56. The Morgan fingerprint density at radius 2 is 2.20 bits per heavy atom. The molecular weight excluding hydrogens is 254 g/mol. The number of ether oxygens (including phenoxy) is 1. The summed E-state index contributed by atoms with van der Waals surface area (Å²) < 4.78 is 5.38. The third-order valence-corrected chi connectivity index (χ3v) is 4.21. The van der Waals surface area contributed by atoms with Crippen LogP contribution in [-0.2, 0) is 16.0 Å². The molecule has 2 N–H and O–H groups in total. The number of carbonyl (C=O) groups is 1. The van der Waals surface area contributed by atoms with Gasteiger partial charge in [0.05, 0.1) is 18.8 Å². The second-order valence-electron chi connectivity index (χ2n) is 5.42. The van der Waals surface area contributed by atoms with Crippen LogP contribution in [0.15, 0.2) is 18.3 Å². The molecule has 110 valence electrons. The molecule has 2 heterocycles. The summed E-state index contributed by atoms with van der Waals surface area (Å²) in [6.07, 6.45) is 2.84. The average Bonchev–Trinajstić information content (AvgIpc) is 2.47. The van der Waals surface area contributed by atoms with Crippen molar-refractivity contribution in [2.45, 2.75) is 32.2 Å². The summed E-state index contributed by atoms with van der Waals surface area (Å²) >= 11 is 0. The van der Waals surface area contributed by atoms with Crippen LogP contribution < -0.4 is 5.73 Å². The summed E-state index contributed by atoms with van der Waals surface area (Å²) in [7, 11) is 0. The van der Waals surface area contributed by atoms with Crippen LogP contribution in [-0.4, -0.2) is 47.5 Å². The van der Waals surface area contributed by atoms with Crippen molar-refractivity contribution in [3.05, 3.63) is 23.9 Å². The number of Topliss-reactive ketones (excluding diaryl/α,β-unsaturated/α-hetero) is 1. The van der Waals surface area contributed by atoms with Gasteiger partial charge in [-0.05, 0) is 31.0 Å². The zero-order valence-corrected chi connectivity index (χ0v) is 12.3. The van der Waals surface area contributed by atoms with E-state index < -0.39 is 5.54 Å². The van der Waals surface area contributed by atoms with Crippen LogP contribution in [0, 0.1) is 0 Å².